The van der Waals surface area contributed by atoms with Crippen LogP contribution in [0.4, 0.5) is 0 Å². The van der Waals surface area contributed by atoms with E-state index in [9.17, 15) is 0 Å². The molecule has 0 saturated carbocycles. The van der Waals surface area contributed by atoms with Crippen molar-refractivity contribution in [3.63, 3.8) is 0 Å². The molecule has 1 aromatic heterocycles. The van der Waals surface area contributed by atoms with Crippen molar-refractivity contribution in [1.82, 2.24) is 10.1 Å². The van der Waals surface area contributed by atoms with Crippen molar-refractivity contribution in [2.45, 2.75) is 13.5 Å². The molecule has 2 rings (SSSR count). The quantitative estimate of drug-likeness (QED) is 0.804. The van der Waals surface area contributed by atoms with E-state index in [1.165, 1.54) is 0 Å². The van der Waals surface area contributed by atoms with E-state index < -0.39 is 0 Å². The second kappa shape index (κ2) is 4.31. The highest BCUT2D eigenvalue weighted by molar-refractivity contribution is 6.30. The average Bonchev–Trinajstić information content (AvgIpc) is 2.62. The molecular formula is C10H9ClN2O2. The Morgan fingerprint density at radius 2 is 2.33 bits per heavy atom. The Balaban J connectivity index is 1.99. The van der Waals surface area contributed by atoms with Gasteiger partial charge in [0.2, 0.25) is 0 Å². The first-order chi connectivity index (χ1) is 7.24. The van der Waals surface area contributed by atoms with Crippen LogP contribution in [0.15, 0.2) is 28.8 Å². The van der Waals surface area contributed by atoms with Gasteiger partial charge in [-0.25, -0.2) is 0 Å². The van der Waals surface area contributed by atoms with Crippen molar-refractivity contribution in [2.24, 2.45) is 0 Å². The van der Waals surface area contributed by atoms with Gasteiger partial charge in [0.1, 0.15) is 5.75 Å². The van der Waals surface area contributed by atoms with Gasteiger partial charge in [0.15, 0.2) is 12.4 Å². The van der Waals surface area contributed by atoms with Crippen molar-refractivity contribution in [3.8, 4) is 5.75 Å². The minimum atomic E-state index is 0.251. The zero-order valence-electron chi connectivity index (χ0n) is 8.11. The highest BCUT2D eigenvalue weighted by atomic mass is 35.5. The molecule has 0 bridgehead atoms. The van der Waals surface area contributed by atoms with Crippen LogP contribution < -0.4 is 4.74 Å². The third-order valence-corrected chi connectivity index (χ3v) is 1.96. The fraction of sp³-hybridized carbons (Fsp3) is 0.200. The molecular weight excluding hydrogens is 216 g/mol. The summed E-state index contributed by atoms with van der Waals surface area (Å²) in [6.45, 7) is 2.01. The van der Waals surface area contributed by atoms with Crippen molar-refractivity contribution in [3.05, 3.63) is 41.0 Å². The molecule has 0 aliphatic heterocycles. The van der Waals surface area contributed by atoms with Gasteiger partial charge in [-0.05, 0) is 25.1 Å². The predicted octanol–water partition coefficient (Wildman–Crippen LogP) is 2.61. The number of rotatable bonds is 3. The third kappa shape index (κ3) is 2.70. The van der Waals surface area contributed by atoms with Crippen LogP contribution in [-0.4, -0.2) is 10.1 Å². The number of aromatic nitrogens is 2. The molecule has 0 aliphatic rings. The monoisotopic (exact) mass is 224 g/mol. The van der Waals surface area contributed by atoms with Gasteiger partial charge >= 0.3 is 0 Å². The summed E-state index contributed by atoms with van der Waals surface area (Å²) in [6.07, 6.45) is 0. The number of halogens is 1. The van der Waals surface area contributed by atoms with Crippen molar-refractivity contribution in [1.29, 1.82) is 0 Å². The van der Waals surface area contributed by atoms with E-state index in [0.717, 1.165) is 0 Å². The summed E-state index contributed by atoms with van der Waals surface area (Å²) < 4.78 is 10.3. The molecule has 15 heavy (non-hydrogen) atoms. The van der Waals surface area contributed by atoms with Gasteiger partial charge in [0, 0.05) is 5.02 Å². The van der Waals surface area contributed by atoms with Crippen LogP contribution in [0.2, 0.25) is 5.02 Å². The van der Waals surface area contributed by atoms with Gasteiger partial charge < -0.3 is 9.26 Å². The minimum absolute atomic E-state index is 0.251. The lowest BCUT2D eigenvalue weighted by Gasteiger charge is -2.02. The molecule has 0 N–H and O–H groups in total. The first-order valence-electron chi connectivity index (χ1n) is 4.41. The van der Waals surface area contributed by atoms with Gasteiger partial charge in [-0.1, -0.05) is 22.8 Å². The zero-order valence-corrected chi connectivity index (χ0v) is 8.86. The van der Waals surface area contributed by atoms with E-state index >= 15 is 0 Å². The maximum Gasteiger partial charge on any atom is 0.264 e. The summed E-state index contributed by atoms with van der Waals surface area (Å²) in [5.41, 5.74) is 0. The molecule has 1 heterocycles. The van der Waals surface area contributed by atoms with Gasteiger partial charge in [0.05, 0.1) is 0 Å². The standard InChI is InChI=1S/C10H9ClN2O2/c1-7-12-10(15-13-7)6-14-9-4-2-3-8(11)5-9/h2-5H,6H2,1H3. The largest absolute Gasteiger partial charge is 0.484 e. The predicted molar refractivity (Wildman–Crippen MR) is 54.8 cm³/mol. The average molecular weight is 225 g/mol. The van der Waals surface area contributed by atoms with E-state index in [0.29, 0.717) is 22.5 Å². The highest BCUT2D eigenvalue weighted by Crippen LogP contribution is 2.17. The first kappa shape index (κ1) is 9.98. The maximum atomic E-state index is 5.80. The number of benzene rings is 1. The number of aryl methyl sites for hydroxylation is 1. The Labute approximate surface area is 91.8 Å². The topological polar surface area (TPSA) is 48.2 Å². The van der Waals surface area contributed by atoms with Gasteiger partial charge in [0.25, 0.3) is 5.89 Å². The van der Waals surface area contributed by atoms with Crippen molar-refractivity contribution >= 4 is 11.6 Å². The Hall–Kier alpha value is -1.55. The molecule has 2 aromatic rings. The Morgan fingerprint density at radius 3 is 3.00 bits per heavy atom. The van der Waals surface area contributed by atoms with Crippen LogP contribution in [0.3, 0.4) is 0 Å². The molecule has 0 spiro atoms. The highest BCUT2D eigenvalue weighted by Gasteiger charge is 2.03. The summed E-state index contributed by atoms with van der Waals surface area (Å²) in [7, 11) is 0. The molecule has 1 aromatic carbocycles. The van der Waals surface area contributed by atoms with Gasteiger partial charge in [-0.2, -0.15) is 4.98 Å². The Kier molecular flexibility index (Phi) is 2.87. The van der Waals surface area contributed by atoms with E-state index in [1.807, 2.05) is 12.1 Å². The zero-order chi connectivity index (χ0) is 10.7. The molecule has 4 nitrogen and oxygen atoms in total. The molecule has 0 unspecified atom stereocenters. The van der Waals surface area contributed by atoms with Crippen LogP contribution in [0, 0.1) is 6.92 Å². The smallest absolute Gasteiger partial charge is 0.264 e. The molecule has 5 heteroatoms. The molecule has 0 fully saturated rings. The number of ether oxygens (including phenoxy) is 1. The first-order valence-corrected chi connectivity index (χ1v) is 4.79. The maximum absolute atomic E-state index is 5.80. The van der Waals surface area contributed by atoms with E-state index in [4.69, 9.17) is 20.9 Å². The Morgan fingerprint density at radius 1 is 1.47 bits per heavy atom. The lowest BCUT2D eigenvalue weighted by atomic mass is 10.3. The SMILES string of the molecule is Cc1noc(COc2cccc(Cl)c2)n1. The van der Waals surface area contributed by atoms with Crippen LogP contribution in [0.5, 0.6) is 5.75 Å². The Bertz CT molecular complexity index is 456. The van der Waals surface area contributed by atoms with Crippen molar-refractivity contribution in [2.75, 3.05) is 0 Å². The van der Waals surface area contributed by atoms with E-state index in [2.05, 4.69) is 10.1 Å². The third-order valence-electron chi connectivity index (χ3n) is 1.73. The second-order valence-electron chi connectivity index (χ2n) is 2.98. The normalized spacial score (nSPS) is 10.3. The number of nitrogens with zero attached hydrogens (tertiary/aromatic N) is 2. The minimum Gasteiger partial charge on any atom is -0.484 e. The van der Waals surface area contributed by atoms with Gasteiger partial charge in [-0.3, -0.25) is 0 Å². The molecule has 0 radical (unpaired) electrons. The van der Waals surface area contributed by atoms with Crippen LogP contribution in [0.1, 0.15) is 11.7 Å². The van der Waals surface area contributed by atoms with Crippen LogP contribution in [-0.2, 0) is 6.61 Å². The summed E-state index contributed by atoms with van der Waals surface area (Å²) >= 11 is 5.80. The summed E-state index contributed by atoms with van der Waals surface area (Å²) in [5.74, 6) is 1.73. The van der Waals surface area contributed by atoms with Crippen molar-refractivity contribution < 1.29 is 9.26 Å². The summed E-state index contributed by atoms with van der Waals surface area (Å²) in [4.78, 5) is 4.01. The number of hydrogen-bond donors (Lipinski definition) is 0. The van der Waals surface area contributed by atoms with Gasteiger partial charge in [-0.15, -0.1) is 0 Å². The molecule has 0 atom stereocenters. The summed E-state index contributed by atoms with van der Waals surface area (Å²) in [5, 5.41) is 4.29. The lowest BCUT2D eigenvalue weighted by molar-refractivity contribution is 0.242. The number of hydrogen-bond acceptors (Lipinski definition) is 4. The second-order valence-corrected chi connectivity index (χ2v) is 3.42. The molecule has 0 aliphatic carbocycles. The summed E-state index contributed by atoms with van der Waals surface area (Å²) in [6, 6.07) is 7.14. The fourth-order valence-corrected chi connectivity index (χ4v) is 1.28. The van der Waals surface area contributed by atoms with Crippen LogP contribution >= 0.6 is 11.6 Å². The lowest BCUT2D eigenvalue weighted by Crippen LogP contribution is -1.95. The molecule has 78 valence electrons. The fourth-order valence-electron chi connectivity index (χ4n) is 1.10. The van der Waals surface area contributed by atoms with Crippen LogP contribution in [0.25, 0.3) is 0 Å². The van der Waals surface area contributed by atoms with E-state index in [-0.39, 0.29) is 6.61 Å². The van der Waals surface area contributed by atoms with E-state index in [1.54, 1.807) is 19.1 Å². The molecule has 0 amide bonds. The molecule has 0 saturated heterocycles.